The van der Waals surface area contributed by atoms with Gasteiger partial charge in [0.25, 0.3) is 0 Å². The van der Waals surface area contributed by atoms with Crippen molar-refractivity contribution in [1.82, 2.24) is 9.29 Å². The van der Waals surface area contributed by atoms with E-state index in [1.165, 1.54) is 11.3 Å². The standard InChI is InChI=1S/C22H21Br2F2N3O4S2/c1-32-15-4-3-13(18(10-15)33-2)9-14-12-34-22(27-14)28-5-7-29(8-6-28)35(30,31)21-19(24)17(25)11-16(23)20(21)26/h3-4,10-12H,5-9H2,1-2H3. The number of methoxy groups -OCH3 is 2. The van der Waals surface area contributed by atoms with Gasteiger partial charge in [0.2, 0.25) is 10.0 Å². The van der Waals surface area contributed by atoms with E-state index < -0.39 is 31.0 Å². The normalized spacial score (nSPS) is 14.9. The van der Waals surface area contributed by atoms with Crippen LogP contribution in [0.25, 0.3) is 0 Å². The number of nitrogens with zero attached hydrogens (tertiary/aromatic N) is 3. The Labute approximate surface area is 223 Å². The summed E-state index contributed by atoms with van der Waals surface area (Å²) in [5.41, 5.74) is 1.83. The summed E-state index contributed by atoms with van der Waals surface area (Å²) in [7, 11) is -1.05. The van der Waals surface area contributed by atoms with Crippen LogP contribution in [0.1, 0.15) is 11.3 Å². The predicted octanol–water partition coefficient (Wildman–Crippen LogP) is 5.07. The minimum atomic E-state index is -4.25. The number of aromatic nitrogens is 1. The lowest BCUT2D eigenvalue weighted by atomic mass is 10.1. The van der Waals surface area contributed by atoms with E-state index >= 15 is 0 Å². The van der Waals surface area contributed by atoms with E-state index in [0.717, 1.165) is 26.8 Å². The average Bonchev–Trinajstić information content (AvgIpc) is 3.31. The summed E-state index contributed by atoms with van der Waals surface area (Å²) in [6.45, 7) is 0.967. The van der Waals surface area contributed by atoms with Crippen LogP contribution in [0, 0.1) is 11.6 Å². The molecule has 0 unspecified atom stereocenters. The summed E-state index contributed by atoms with van der Waals surface area (Å²) in [6, 6.07) is 6.50. The number of hydrogen-bond donors (Lipinski definition) is 0. The third-order valence-electron chi connectivity index (χ3n) is 5.58. The number of sulfonamides is 1. The van der Waals surface area contributed by atoms with Crippen molar-refractivity contribution < 1.29 is 26.7 Å². The van der Waals surface area contributed by atoms with Crippen molar-refractivity contribution in [3.05, 3.63) is 61.5 Å². The van der Waals surface area contributed by atoms with Gasteiger partial charge in [-0.25, -0.2) is 22.2 Å². The molecule has 0 saturated carbocycles. The molecule has 4 rings (SSSR count). The molecule has 0 atom stereocenters. The van der Waals surface area contributed by atoms with Crippen LogP contribution in [0.2, 0.25) is 0 Å². The van der Waals surface area contributed by atoms with E-state index in [9.17, 15) is 17.2 Å². The molecule has 1 aliphatic rings. The molecule has 0 aliphatic carbocycles. The molecule has 0 bridgehead atoms. The van der Waals surface area contributed by atoms with Crippen molar-refractivity contribution >= 4 is 58.4 Å². The van der Waals surface area contributed by atoms with Crippen molar-refractivity contribution in [3.8, 4) is 11.5 Å². The van der Waals surface area contributed by atoms with Gasteiger partial charge in [0.05, 0.1) is 28.9 Å². The summed E-state index contributed by atoms with van der Waals surface area (Å²) in [5, 5.41) is 2.73. The summed E-state index contributed by atoms with van der Waals surface area (Å²) in [4.78, 5) is 5.99. The first kappa shape index (κ1) is 26.3. The molecule has 2 aromatic carbocycles. The molecule has 1 fully saturated rings. The molecule has 1 saturated heterocycles. The van der Waals surface area contributed by atoms with Crippen molar-refractivity contribution in [2.75, 3.05) is 45.3 Å². The predicted molar refractivity (Wildman–Crippen MR) is 137 cm³/mol. The zero-order chi connectivity index (χ0) is 25.3. The lowest BCUT2D eigenvalue weighted by Crippen LogP contribution is -2.49. The van der Waals surface area contributed by atoms with E-state index in [4.69, 9.17) is 14.5 Å². The smallest absolute Gasteiger partial charge is 0.247 e. The van der Waals surface area contributed by atoms with E-state index in [-0.39, 0.29) is 17.6 Å². The fourth-order valence-electron chi connectivity index (χ4n) is 3.74. The van der Waals surface area contributed by atoms with Crippen LogP contribution < -0.4 is 14.4 Å². The first-order chi connectivity index (χ1) is 16.6. The maximum Gasteiger partial charge on any atom is 0.247 e. The van der Waals surface area contributed by atoms with Gasteiger partial charge in [0.1, 0.15) is 22.2 Å². The average molecular weight is 653 g/mol. The van der Waals surface area contributed by atoms with Crippen molar-refractivity contribution in [3.63, 3.8) is 0 Å². The van der Waals surface area contributed by atoms with E-state index in [2.05, 4.69) is 31.9 Å². The van der Waals surface area contributed by atoms with Gasteiger partial charge in [-0.3, -0.25) is 0 Å². The molecule has 1 aliphatic heterocycles. The van der Waals surface area contributed by atoms with Gasteiger partial charge in [-0.1, -0.05) is 6.07 Å². The number of piperazine rings is 1. The number of hydrogen-bond acceptors (Lipinski definition) is 7. The number of halogens is 4. The molecule has 2 heterocycles. The van der Waals surface area contributed by atoms with Crippen molar-refractivity contribution in [2.45, 2.75) is 11.3 Å². The molecule has 1 aromatic heterocycles. The molecule has 0 radical (unpaired) electrons. The molecular weight excluding hydrogens is 632 g/mol. The Morgan fingerprint density at radius 1 is 1.09 bits per heavy atom. The Balaban J connectivity index is 1.46. The minimum absolute atomic E-state index is 0.115. The molecule has 13 heteroatoms. The quantitative estimate of drug-likeness (QED) is 0.332. The fourth-order valence-corrected chi connectivity index (χ4v) is 7.62. The first-order valence-electron chi connectivity index (χ1n) is 10.4. The number of ether oxygens (including phenoxy) is 2. The van der Waals surface area contributed by atoms with Gasteiger partial charge in [-0.05, 0) is 44.0 Å². The SMILES string of the molecule is COc1ccc(Cc2csc(N3CCN(S(=O)(=O)c4c(F)c(Br)cc(F)c4Br)CC3)n2)c(OC)c1. The summed E-state index contributed by atoms with van der Waals surface area (Å²) in [6.07, 6.45) is 0.569. The number of anilines is 1. The number of rotatable bonds is 7. The van der Waals surface area contributed by atoms with Gasteiger partial charge in [-0.2, -0.15) is 4.31 Å². The lowest BCUT2D eigenvalue weighted by molar-refractivity contribution is 0.381. The van der Waals surface area contributed by atoms with Crippen LogP contribution in [-0.4, -0.2) is 58.1 Å². The highest BCUT2D eigenvalue weighted by Gasteiger charge is 2.35. The van der Waals surface area contributed by atoms with E-state index in [0.29, 0.717) is 31.0 Å². The van der Waals surface area contributed by atoms with Crippen molar-refractivity contribution in [1.29, 1.82) is 0 Å². The molecule has 0 N–H and O–H groups in total. The molecule has 35 heavy (non-hydrogen) atoms. The van der Waals surface area contributed by atoms with Crippen LogP contribution in [0.15, 0.2) is 43.5 Å². The van der Waals surface area contributed by atoms with E-state index in [1.54, 1.807) is 14.2 Å². The highest BCUT2D eigenvalue weighted by Crippen LogP contribution is 2.35. The third-order valence-corrected chi connectivity index (χ3v) is 10.1. The zero-order valence-electron chi connectivity index (χ0n) is 18.7. The molecule has 0 amide bonds. The van der Waals surface area contributed by atoms with Crippen LogP contribution in [0.5, 0.6) is 11.5 Å². The zero-order valence-corrected chi connectivity index (χ0v) is 23.5. The Kier molecular flexibility index (Phi) is 8.01. The molecule has 7 nitrogen and oxygen atoms in total. The maximum atomic E-state index is 14.6. The van der Waals surface area contributed by atoms with Gasteiger partial charge >= 0.3 is 0 Å². The summed E-state index contributed by atoms with van der Waals surface area (Å²) < 4.78 is 66.1. The molecule has 0 spiro atoms. The fraction of sp³-hybridized carbons (Fsp3) is 0.318. The van der Waals surface area contributed by atoms with Crippen LogP contribution in [0.3, 0.4) is 0 Å². The lowest BCUT2D eigenvalue weighted by Gasteiger charge is -2.34. The highest BCUT2D eigenvalue weighted by molar-refractivity contribution is 9.11. The second-order valence-corrected chi connectivity index (χ2v) is 12.0. The van der Waals surface area contributed by atoms with Crippen LogP contribution in [0.4, 0.5) is 13.9 Å². The van der Waals surface area contributed by atoms with Crippen LogP contribution in [-0.2, 0) is 16.4 Å². The largest absolute Gasteiger partial charge is 0.497 e. The third kappa shape index (κ3) is 5.33. The Morgan fingerprint density at radius 2 is 1.80 bits per heavy atom. The topological polar surface area (TPSA) is 72.0 Å². The Hall–Kier alpha value is -1.80. The number of benzene rings is 2. The van der Waals surface area contributed by atoms with Crippen LogP contribution >= 0.6 is 43.2 Å². The maximum absolute atomic E-state index is 14.6. The highest BCUT2D eigenvalue weighted by atomic mass is 79.9. The summed E-state index contributed by atoms with van der Waals surface area (Å²) in [5.74, 6) is -0.478. The molecule has 3 aromatic rings. The Bertz CT molecular complexity index is 1320. The molecule has 188 valence electrons. The second-order valence-electron chi connectivity index (χ2n) is 7.66. The van der Waals surface area contributed by atoms with Gasteiger partial charge < -0.3 is 14.4 Å². The summed E-state index contributed by atoms with van der Waals surface area (Å²) >= 11 is 7.24. The minimum Gasteiger partial charge on any atom is -0.497 e. The monoisotopic (exact) mass is 651 g/mol. The second kappa shape index (κ2) is 10.7. The van der Waals surface area contributed by atoms with Gasteiger partial charge in [-0.15, -0.1) is 11.3 Å². The Morgan fingerprint density at radius 3 is 2.46 bits per heavy atom. The molecular formula is C22H21Br2F2N3O4S2. The van der Waals surface area contributed by atoms with Gasteiger partial charge in [0, 0.05) is 49.6 Å². The van der Waals surface area contributed by atoms with Crippen molar-refractivity contribution in [2.24, 2.45) is 0 Å². The number of thiazole rings is 1. The van der Waals surface area contributed by atoms with Gasteiger partial charge in [0.15, 0.2) is 10.9 Å². The first-order valence-corrected chi connectivity index (χ1v) is 14.3. The van der Waals surface area contributed by atoms with E-state index in [1.807, 2.05) is 28.5 Å².